The average molecular weight is 1500 g/mol. The van der Waals surface area contributed by atoms with E-state index in [1.54, 1.807) is 78.0 Å². The third-order valence-corrected chi connectivity index (χ3v) is 20.2. The fraction of sp³-hybridized carbons (Fsp3) is 0.481. The van der Waals surface area contributed by atoms with Crippen LogP contribution in [0.4, 0.5) is 26.7 Å². The summed E-state index contributed by atoms with van der Waals surface area (Å²) < 4.78 is 36.3. The van der Waals surface area contributed by atoms with Crippen LogP contribution < -0.4 is 63.3 Å². The number of rotatable bonds is 22. The number of nitrogens with one attached hydrogen (secondary N) is 6. The number of imide groups is 1. The fourth-order valence-electron chi connectivity index (χ4n) is 13.8. The monoisotopic (exact) mass is 1500 g/mol. The molecule has 108 heavy (non-hydrogen) atoms. The maximum Gasteiger partial charge on any atom is 0.407 e. The van der Waals surface area contributed by atoms with E-state index in [9.17, 15) is 68.4 Å². The minimum atomic E-state index is -2.07. The lowest BCUT2D eigenvalue weighted by Crippen LogP contribution is -2.54. The Hall–Kier alpha value is -10.9. The van der Waals surface area contributed by atoms with Crippen molar-refractivity contribution < 1.29 is 91.7 Å². The zero-order chi connectivity index (χ0) is 78.7. The number of methoxy groups -OCH3 is 1. The molecule has 5 heterocycles. The second kappa shape index (κ2) is 35.2. The molecule has 4 bridgehead atoms. The molecule has 9 rings (SSSR count). The number of nitrogens with zero attached hydrogens (tertiary/aromatic N) is 3. The third-order valence-electron chi connectivity index (χ3n) is 20.2. The highest BCUT2D eigenvalue weighted by Crippen LogP contribution is 2.43. The maximum atomic E-state index is 15.2. The number of amides is 9. The summed E-state index contributed by atoms with van der Waals surface area (Å²) in [5.41, 5.74) is 3.65. The summed E-state index contributed by atoms with van der Waals surface area (Å²) in [7, 11) is 1.42. The maximum absolute atomic E-state index is 15.2. The number of nitrogens with two attached hydrogens (primary N) is 1. The fourth-order valence-corrected chi connectivity index (χ4v) is 13.8. The van der Waals surface area contributed by atoms with Crippen LogP contribution in [-0.2, 0) is 59.1 Å². The number of benzene rings is 4. The topological polar surface area (TPSA) is 446 Å². The number of carbonyl (C=O) groups is 9. The molecule has 31 heteroatoms. The number of allylic oxidation sites excluding steroid dienone is 2. The van der Waals surface area contributed by atoms with Gasteiger partial charge in [-0.3, -0.25) is 48.1 Å². The smallest absolute Gasteiger partial charge is 0.407 e. The van der Waals surface area contributed by atoms with E-state index in [4.69, 9.17) is 38.8 Å². The minimum absolute atomic E-state index is 0.00989. The number of aromatic nitrogens is 1. The molecule has 1 fully saturated rings. The molecular weight excluding hydrogens is 1400 g/mol. The molecule has 0 saturated carbocycles. The molecule has 1 aromatic heterocycles. The second-order valence-corrected chi connectivity index (χ2v) is 28.5. The number of aliphatic hydroxyl groups is 3. The molecule has 9 amide bonds. The zero-order valence-corrected chi connectivity index (χ0v) is 62.3. The van der Waals surface area contributed by atoms with Gasteiger partial charge in [-0.05, 0) is 82.1 Å². The second-order valence-electron chi connectivity index (χ2n) is 28.5. The van der Waals surface area contributed by atoms with E-state index in [0.717, 1.165) is 4.90 Å². The van der Waals surface area contributed by atoms with Crippen molar-refractivity contribution in [3.63, 3.8) is 0 Å². The number of hydrogen-bond donors (Lipinski definition) is 11. The number of phenols is 1. The lowest BCUT2D eigenvalue weighted by atomic mass is 9.78. The van der Waals surface area contributed by atoms with Crippen molar-refractivity contribution >= 4 is 109 Å². The van der Waals surface area contributed by atoms with Crippen LogP contribution in [0.2, 0.25) is 0 Å². The summed E-state index contributed by atoms with van der Waals surface area (Å²) >= 11 is 0. The van der Waals surface area contributed by atoms with Crippen molar-refractivity contribution in [3.05, 3.63) is 121 Å². The molecule has 0 radical (unpaired) electrons. The molecule has 0 spiro atoms. The van der Waals surface area contributed by atoms with E-state index in [2.05, 4.69) is 31.9 Å². The van der Waals surface area contributed by atoms with E-state index in [-0.39, 0.29) is 112 Å². The average Bonchev–Trinajstić information content (AvgIpc) is 1.39. The zero-order valence-electron chi connectivity index (χ0n) is 62.3. The van der Waals surface area contributed by atoms with Crippen molar-refractivity contribution in [2.45, 2.75) is 176 Å². The highest BCUT2D eigenvalue weighted by atomic mass is 16.7. The molecular formula is C77H96N10O21. The number of hydrogen-bond acceptors (Lipinski definition) is 23. The first-order valence-electron chi connectivity index (χ1n) is 36.1. The largest absolute Gasteiger partial charge is 0.507 e. The number of aromatic hydroxyl groups is 1. The van der Waals surface area contributed by atoms with Crippen molar-refractivity contribution in [1.29, 1.82) is 0 Å². The Kier molecular flexibility index (Phi) is 26.5. The van der Waals surface area contributed by atoms with Gasteiger partial charge in [-0.2, -0.15) is 0 Å². The van der Waals surface area contributed by atoms with E-state index in [1.807, 2.05) is 4.90 Å². The van der Waals surface area contributed by atoms with E-state index in [0.29, 0.717) is 62.1 Å². The van der Waals surface area contributed by atoms with Gasteiger partial charge < -0.3 is 91.1 Å². The number of primary amides is 1. The van der Waals surface area contributed by atoms with Crippen LogP contribution in [0, 0.1) is 36.5 Å². The Bertz CT molecular complexity index is 4590. The number of ether oxygens (including phenoxy) is 5. The summed E-state index contributed by atoms with van der Waals surface area (Å²) in [6.45, 7) is 16.7. The van der Waals surface area contributed by atoms with Crippen molar-refractivity contribution in [2.24, 2.45) is 35.3 Å². The van der Waals surface area contributed by atoms with Crippen molar-refractivity contribution in [3.8, 4) is 11.5 Å². The number of carbonyl (C=O) groups excluding carboxylic acids is 9. The Balaban J connectivity index is 0.891. The molecule has 0 aliphatic carbocycles. The quantitative estimate of drug-likeness (QED) is 0.0125. The normalized spacial score (nSPS) is 23.8. The molecule has 4 aromatic carbocycles. The van der Waals surface area contributed by atoms with Crippen LogP contribution in [0.1, 0.15) is 125 Å². The molecule has 4 aliphatic rings. The van der Waals surface area contributed by atoms with Crippen LogP contribution in [0.15, 0.2) is 98.7 Å². The molecule has 0 unspecified atom stereocenters. The molecule has 580 valence electrons. The van der Waals surface area contributed by atoms with Crippen LogP contribution in [0.5, 0.6) is 11.5 Å². The summed E-state index contributed by atoms with van der Waals surface area (Å²) in [6, 6.07) is 6.08. The number of piperidine rings is 1. The predicted molar refractivity (Wildman–Crippen MR) is 398 cm³/mol. The van der Waals surface area contributed by atoms with Gasteiger partial charge in [0, 0.05) is 135 Å². The highest BCUT2D eigenvalue weighted by Gasteiger charge is 2.45. The number of phenolic OH excluding ortho intramolecular Hbond substituents is 1. The van der Waals surface area contributed by atoms with E-state index >= 15 is 4.79 Å². The number of alkyl carbamates (subject to hydrolysis) is 1. The van der Waals surface area contributed by atoms with Crippen LogP contribution in [0.25, 0.3) is 38.7 Å². The predicted octanol–water partition coefficient (Wildman–Crippen LogP) is 5.95. The SMILES string of the molecule is CO[C@H]1/C=C\O[C@@]2(C)Oc3c(C)c(O)c4c(=O)c(c5oc6cc(N7CCC(NC(=O)OCc8ccc(NC(=O)[C@H](CCCNC(N)=O)NC(=O)[C@@H](NC(=O)CCCCCN9C(=O)C=CC9=O)C(C)C)cc8)CC7)cc(=O)c6nc5c4c3=C2O)NC(=O)/C(C)=C\C=C/[C@H](C)[C@H](O)[C@@H](C)[C@@H](O)[C@@H](C)[C@H](OC(C)=O)[C@@H]1C. The first kappa shape index (κ1) is 81.2. The van der Waals surface area contributed by atoms with Crippen molar-refractivity contribution in [1.82, 2.24) is 31.2 Å². The van der Waals surface area contributed by atoms with E-state index < -0.39 is 141 Å². The molecule has 12 N–H and O–H groups in total. The molecule has 5 aromatic rings. The van der Waals surface area contributed by atoms with Gasteiger partial charge in [0.15, 0.2) is 22.4 Å². The van der Waals surface area contributed by atoms with Crippen LogP contribution in [-0.4, -0.2) is 165 Å². The summed E-state index contributed by atoms with van der Waals surface area (Å²) in [6.07, 6.45) is 7.51. The van der Waals surface area contributed by atoms with Gasteiger partial charge in [-0.15, -0.1) is 0 Å². The summed E-state index contributed by atoms with van der Waals surface area (Å²) in [4.78, 5) is 153. The van der Waals surface area contributed by atoms with Gasteiger partial charge in [0.2, 0.25) is 28.6 Å². The van der Waals surface area contributed by atoms with Gasteiger partial charge in [-0.25, -0.2) is 14.6 Å². The van der Waals surface area contributed by atoms with Crippen molar-refractivity contribution in [2.75, 3.05) is 48.8 Å². The van der Waals surface area contributed by atoms with Crippen LogP contribution >= 0.6 is 0 Å². The first-order valence-corrected chi connectivity index (χ1v) is 36.1. The molecule has 31 nitrogen and oxygen atoms in total. The number of urea groups is 1. The Morgan fingerprint density at radius 2 is 1.54 bits per heavy atom. The Labute approximate surface area is 622 Å². The summed E-state index contributed by atoms with van der Waals surface area (Å²) in [5, 5.41) is 63.3. The lowest BCUT2D eigenvalue weighted by Gasteiger charge is -2.38. The van der Waals surface area contributed by atoms with Gasteiger partial charge in [-0.1, -0.05) is 78.3 Å². The number of aliphatic hydroxyl groups excluding tert-OH is 3. The third kappa shape index (κ3) is 18.7. The van der Waals surface area contributed by atoms with E-state index in [1.165, 1.54) is 77.5 Å². The number of fused-ring (bicyclic) bond motifs is 2. The summed E-state index contributed by atoms with van der Waals surface area (Å²) in [5.74, 6) is -10.3. The van der Waals surface area contributed by atoms with Gasteiger partial charge in [0.1, 0.15) is 47.5 Å². The lowest BCUT2D eigenvalue weighted by molar-refractivity contribution is -0.160. The highest BCUT2D eigenvalue weighted by molar-refractivity contribution is 6.17. The number of unbranched alkanes of at least 4 members (excludes halogenated alkanes) is 2. The molecule has 11 atom stereocenters. The first-order chi connectivity index (χ1) is 51.2. The Morgan fingerprint density at radius 3 is 2.19 bits per heavy atom. The molecule has 4 aliphatic heterocycles. The molecule has 1 saturated heterocycles. The minimum Gasteiger partial charge on any atom is -0.507 e. The standard InChI is InChI=1S/C77H96N10O21/c1-38(2)60(83-54(90)20-13-12-14-31-87-55(91)25-26-56(87)92)74(100)82-50(19-16-30-79-75(78)101)73(99)80-47-23-21-46(22-24-47)37-104-76(102)81-48-27-32-86(33-28-48)49-35-51(89)61-53(36-49)107-70-62(84-61)57-58-66(95)44(8)69-59(57)71(97)77(10,108-69)105-34-29-52(103-11)41(5)68(106-45(9)88)43(7)65(94)42(6)64(93)39(3)17-15-18-40(4)72(98)85-63(70)67(58)96/h15,17-18,21-26,29,34-36,38-39,41-43,48,50,52,60,64-65,68,93-95,97H,12-14,16,19-20,27-28,30-33,37H2,1-11H3,(H,80,99)(H,81,102)(H,82,100)(H,83,90)(H,85,98)(H3,78,79,101)/b17-15-,34-29-,40-18-/t39-,41+,42+,43+,50-,52-,60-,64-,65+,68+,77-/m0/s1. The van der Waals surface area contributed by atoms with Gasteiger partial charge >= 0.3 is 23.9 Å². The van der Waals surface area contributed by atoms with Crippen LogP contribution in [0.3, 0.4) is 0 Å². The van der Waals surface area contributed by atoms with Gasteiger partial charge in [0.25, 0.3) is 17.7 Å². The number of anilines is 3. The van der Waals surface area contributed by atoms with Gasteiger partial charge in [0.05, 0.1) is 35.2 Å². The number of esters is 1. The Morgan fingerprint density at radius 1 is 0.843 bits per heavy atom.